The first-order chi connectivity index (χ1) is 11.6. The van der Waals surface area contributed by atoms with E-state index < -0.39 is 18.4 Å². The molecule has 0 N–H and O–H groups in total. The third-order valence-electron chi connectivity index (χ3n) is 3.46. The zero-order valence-electron chi connectivity index (χ0n) is 12.8. The van der Waals surface area contributed by atoms with Gasteiger partial charge in [0.2, 0.25) is 0 Å². The fourth-order valence-electron chi connectivity index (χ4n) is 2.25. The van der Waals surface area contributed by atoms with Crippen LogP contribution >= 0.6 is 0 Å². The first-order valence-electron chi connectivity index (χ1n) is 7.49. The number of carbonyl (C=O) groups is 2. The molecular weight excluding hydrogens is 315 g/mol. The molecule has 124 valence electrons. The van der Waals surface area contributed by atoms with E-state index in [9.17, 15) is 14.0 Å². The summed E-state index contributed by atoms with van der Waals surface area (Å²) in [5.41, 5.74) is 0.410. The zero-order chi connectivity index (χ0) is 16.9. The summed E-state index contributed by atoms with van der Waals surface area (Å²) in [6, 6.07) is 9.91. The van der Waals surface area contributed by atoms with Crippen molar-refractivity contribution < 1.29 is 28.2 Å². The molecule has 3 rings (SSSR count). The Hall–Kier alpha value is -2.89. The molecule has 5 nitrogen and oxygen atoms in total. The van der Waals surface area contributed by atoms with Crippen LogP contribution in [-0.4, -0.2) is 31.6 Å². The summed E-state index contributed by atoms with van der Waals surface area (Å²) >= 11 is 0. The van der Waals surface area contributed by atoms with Crippen molar-refractivity contribution in [1.82, 2.24) is 0 Å². The standard InChI is InChI=1S/C18H15FO5/c19-14-4-1-3-13(9-14)18(21)24-11-15(20)12-5-6-16-17(10-12)23-8-2-7-22-16/h1,3-6,9-10H,2,7-8,11H2. The lowest BCUT2D eigenvalue weighted by atomic mass is 10.1. The van der Waals surface area contributed by atoms with Crippen LogP contribution in [0, 0.1) is 5.82 Å². The highest BCUT2D eigenvalue weighted by atomic mass is 19.1. The van der Waals surface area contributed by atoms with Gasteiger partial charge in [0, 0.05) is 12.0 Å². The van der Waals surface area contributed by atoms with E-state index in [1.165, 1.54) is 18.2 Å². The van der Waals surface area contributed by atoms with Crippen molar-refractivity contribution in [2.24, 2.45) is 0 Å². The average Bonchev–Trinajstić information content (AvgIpc) is 2.84. The number of halogens is 1. The third kappa shape index (κ3) is 3.71. The molecule has 0 saturated carbocycles. The van der Waals surface area contributed by atoms with Gasteiger partial charge < -0.3 is 14.2 Å². The van der Waals surface area contributed by atoms with E-state index >= 15 is 0 Å². The lowest BCUT2D eigenvalue weighted by Gasteiger charge is -2.09. The summed E-state index contributed by atoms with van der Waals surface area (Å²) in [7, 11) is 0. The van der Waals surface area contributed by atoms with Crippen molar-refractivity contribution in [3.63, 3.8) is 0 Å². The van der Waals surface area contributed by atoms with Crippen molar-refractivity contribution in [3.05, 3.63) is 59.4 Å². The Morgan fingerprint density at radius 3 is 2.58 bits per heavy atom. The third-order valence-corrected chi connectivity index (χ3v) is 3.46. The van der Waals surface area contributed by atoms with Gasteiger partial charge in [0.15, 0.2) is 23.9 Å². The van der Waals surface area contributed by atoms with Gasteiger partial charge in [-0.25, -0.2) is 9.18 Å². The number of rotatable bonds is 4. The Labute approximate surface area is 138 Å². The molecule has 0 amide bonds. The molecule has 6 heteroatoms. The molecule has 0 radical (unpaired) electrons. The minimum Gasteiger partial charge on any atom is -0.490 e. The molecule has 0 bridgehead atoms. The number of Topliss-reactive ketones (excluding diaryl/α,β-unsaturated/α-hetero) is 1. The summed E-state index contributed by atoms with van der Waals surface area (Å²) < 4.78 is 29.0. The highest BCUT2D eigenvalue weighted by Gasteiger charge is 2.16. The molecule has 0 spiro atoms. The number of ketones is 1. The Balaban J connectivity index is 1.65. The SMILES string of the molecule is O=C(COC(=O)c1cccc(F)c1)c1ccc2c(c1)OCCCO2. The Morgan fingerprint density at radius 1 is 1.00 bits per heavy atom. The van der Waals surface area contributed by atoms with Gasteiger partial charge in [0.05, 0.1) is 18.8 Å². The van der Waals surface area contributed by atoms with Crippen LogP contribution in [0.2, 0.25) is 0 Å². The predicted octanol–water partition coefficient (Wildman–Crippen LogP) is 3.03. The molecule has 0 fully saturated rings. The molecule has 0 atom stereocenters. The van der Waals surface area contributed by atoms with E-state index in [1.807, 2.05) is 0 Å². The van der Waals surface area contributed by atoms with Crippen molar-refractivity contribution >= 4 is 11.8 Å². The maximum atomic E-state index is 13.1. The molecule has 1 heterocycles. The van der Waals surface area contributed by atoms with E-state index in [-0.39, 0.29) is 11.3 Å². The lowest BCUT2D eigenvalue weighted by molar-refractivity contribution is 0.0474. The highest BCUT2D eigenvalue weighted by molar-refractivity contribution is 5.99. The molecule has 1 aliphatic heterocycles. The van der Waals surface area contributed by atoms with E-state index in [2.05, 4.69) is 0 Å². The second-order valence-corrected chi connectivity index (χ2v) is 5.22. The second kappa shape index (κ2) is 7.12. The molecule has 2 aromatic carbocycles. The summed E-state index contributed by atoms with van der Waals surface area (Å²) in [4.78, 5) is 24.0. The molecule has 0 saturated heterocycles. The van der Waals surface area contributed by atoms with Gasteiger partial charge in [0.25, 0.3) is 0 Å². The first kappa shape index (κ1) is 16.0. The van der Waals surface area contributed by atoms with Gasteiger partial charge >= 0.3 is 5.97 Å². The minimum atomic E-state index is -0.753. The maximum absolute atomic E-state index is 13.1. The van der Waals surface area contributed by atoms with Crippen LogP contribution in [0.25, 0.3) is 0 Å². The molecule has 24 heavy (non-hydrogen) atoms. The van der Waals surface area contributed by atoms with Gasteiger partial charge in [-0.3, -0.25) is 4.79 Å². The number of esters is 1. The van der Waals surface area contributed by atoms with Crippen molar-refractivity contribution in [2.75, 3.05) is 19.8 Å². The normalized spacial score (nSPS) is 13.0. The summed E-state index contributed by atoms with van der Waals surface area (Å²) in [6.07, 6.45) is 0.767. The van der Waals surface area contributed by atoms with Crippen LogP contribution in [0.1, 0.15) is 27.1 Å². The van der Waals surface area contributed by atoms with Crippen LogP contribution in [0.5, 0.6) is 11.5 Å². The number of hydrogen-bond donors (Lipinski definition) is 0. The van der Waals surface area contributed by atoms with Gasteiger partial charge in [-0.2, -0.15) is 0 Å². The number of carbonyl (C=O) groups excluding carboxylic acids is 2. The highest BCUT2D eigenvalue weighted by Crippen LogP contribution is 2.30. The topological polar surface area (TPSA) is 61.8 Å². The Bertz CT molecular complexity index is 772. The second-order valence-electron chi connectivity index (χ2n) is 5.22. The van der Waals surface area contributed by atoms with E-state index in [1.54, 1.807) is 18.2 Å². The van der Waals surface area contributed by atoms with Crippen LogP contribution in [0.3, 0.4) is 0 Å². The fourth-order valence-corrected chi connectivity index (χ4v) is 2.25. The number of fused-ring (bicyclic) bond motifs is 1. The van der Waals surface area contributed by atoms with Gasteiger partial charge in [-0.05, 0) is 36.4 Å². The predicted molar refractivity (Wildman–Crippen MR) is 83.1 cm³/mol. The van der Waals surface area contributed by atoms with Crippen LogP contribution in [0.4, 0.5) is 4.39 Å². The van der Waals surface area contributed by atoms with Gasteiger partial charge in [0.1, 0.15) is 5.82 Å². The van der Waals surface area contributed by atoms with Crippen LogP contribution < -0.4 is 9.47 Å². The first-order valence-corrected chi connectivity index (χ1v) is 7.49. The van der Waals surface area contributed by atoms with Gasteiger partial charge in [-0.1, -0.05) is 6.07 Å². The summed E-state index contributed by atoms with van der Waals surface area (Å²) in [5.74, 6) is -0.595. The zero-order valence-corrected chi connectivity index (χ0v) is 12.8. The fraction of sp³-hybridized carbons (Fsp3) is 0.222. The van der Waals surface area contributed by atoms with Crippen molar-refractivity contribution in [3.8, 4) is 11.5 Å². The van der Waals surface area contributed by atoms with E-state index in [0.717, 1.165) is 12.5 Å². The molecular formula is C18H15FO5. The number of benzene rings is 2. The molecule has 0 aliphatic carbocycles. The molecule has 0 unspecified atom stereocenters. The monoisotopic (exact) mass is 330 g/mol. The van der Waals surface area contributed by atoms with Crippen molar-refractivity contribution in [2.45, 2.75) is 6.42 Å². The average molecular weight is 330 g/mol. The molecule has 1 aliphatic rings. The van der Waals surface area contributed by atoms with Gasteiger partial charge in [-0.15, -0.1) is 0 Å². The molecule has 2 aromatic rings. The number of hydrogen-bond acceptors (Lipinski definition) is 5. The summed E-state index contributed by atoms with van der Waals surface area (Å²) in [5, 5.41) is 0. The van der Waals surface area contributed by atoms with E-state index in [4.69, 9.17) is 14.2 Å². The lowest BCUT2D eigenvalue weighted by Crippen LogP contribution is -2.14. The molecule has 0 aromatic heterocycles. The van der Waals surface area contributed by atoms with Crippen molar-refractivity contribution in [1.29, 1.82) is 0 Å². The maximum Gasteiger partial charge on any atom is 0.338 e. The number of ether oxygens (including phenoxy) is 3. The van der Waals surface area contributed by atoms with Crippen LogP contribution in [-0.2, 0) is 4.74 Å². The Morgan fingerprint density at radius 2 is 1.79 bits per heavy atom. The van der Waals surface area contributed by atoms with Crippen LogP contribution in [0.15, 0.2) is 42.5 Å². The smallest absolute Gasteiger partial charge is 0.338 e. The largest absolute Gasteiger partial charge is 0.490 e. The minimum absolute atomic E-state index is 0.0569. The quantitative estimate of drug-likeness (QED) is 0.637. The summed E-state index contributed by atoms with van der Waals surface area (Å²) in [6.45, 7) is 0.639. The Kier molecular flexibility index (Phi) is 4.74. The van der Waals surface area contributed by atoms with E-state index in [0.29, 0.717) is 30.3 Å².